The molecule has 3 rings (SSSR count). The van der Waals surface area contributed by atoms with Crippen LogP contribution in [0.1, 0.15) is 29.9 Å². The van der Waals surface area contributed by atoms with Gasteiger partial charge < -0.3 is 9.72 Å². The lowest BCUT2D eigenvalue weighted by Gasteiger charge is -2.15. The van der Waals surface area contributed by atoms with E-state index >= 15 is 0 Å². The molecule has 0 amide bonds. The van der Waals surface area contributed by atoms with E-state index in [1.807, 2.05) is 24.3 Å². The normalized spacial score (nSPS) is 12.7. The van der Waals surface area contributed by atoms with Crippen molar-refractivity contribution in [2.75, 3.05) is 0 Å². The van der Waals surface area contributed by atoms with E-state index in [1.54, 1.807) is 0 Å². The minimum Gasteiger partial charge on any atom is -0.305 e. The zero-order valence-corrected chi connectivity index (χ0v) is 13.8. The summed E-state index contributed by atoms with van der Waals surface area (Å²) >= 11 is 3.52. The van der Waals surface area contributed by atoms with E-state index in [2.05, 4.69) is 68.9 Å². The van der Waals surface area contributed by atoms with Gasteiger partial charge in [-0.05, 0) is 43.7 Å². The summed E-state index contributed by atoms with van der Waals surface area (Å²) in [6.45, 7) is 5.04. The SMILES string of the molecule is Cc1nc2ccccn2c1CN[C@@H](C)c1cccc(Br)c1. The van der Waals surface area contributed by atoms with E-state index in [-0.39, 0.29) is 6.04 Å². The molecule has 1 aromatic carbocycles. The van der Waals surface area contributed by atoms with Crippen LogP contribution in [-0.4, -0.2) is 9.38 Å². The topological polar surface area (TPSA) is 29.3 Å². The Hall–Kier alpha value is -1.65. The highest BCUT2D eigenvalue weighted by atomic mass is 79.9. The maximum absolute atomic E-state index is 4.59. The third-order valence-electron chi connectivity index (χ3n) is 3.75. The summed E-state index contributed by atoms with van der Waals surface area (Å²) in [6.07, 6.45) is 2.07. The molecule has 1 atom stereocenters. The lowest BCUT2D eigenvalue weighted by atomic mass is 10.1. The number of hydrogen-bond acceptors (Lipinski definition) is 2. The fraction of sp³-hybridized carbons (Fsp3) is 0.235. The minimum absolute atomic E-state index is 0.288. The number of nitrogens with one attached hydrogen (secondary N) is 1. The van der Waals surface area contributed by atoms with Crippen molar-refractivity contribution in [3.05, 3.63) is 70.1 Å². The first-order chi connectivity index (χ1) is 10.1. The van der Waals surface area contributed by atoms with Crippen LogP contribution in [0.5, 0.6) is 0 Å². The Bertz CT molecular complexity index is 764. The van der Waals surface area contributed by atoms with Gasteiger partial charge in [0.05, 0.1) is 11.4 Å². The summed E-state index contributed by atoms with van der Waals surface area (Å²) in [6, 6.07) is 14.8. The van der Waals surface area contributed by atoms with Crippen LogP contribution in [0.25, 0.3) is 5.65 Å². The van der Waals surface area contributed by atoms with Crippen LogP contribution >= 0.6 is 15.9 Å². The fourth-order valence-electron chi connectivity index (χ4n) is 2.52. The summed E-state index contributed by atoms with van der Waals surface area (Å²) in [5, 5.41) is 3.58. The molecule has 3 aromatic rings. The molecule has 3 nitrogen and oxygen atoms in total. The Morgan fingerprint density at radius 3 is 2.90 bits per heavy atom. The number of pyridine rings is 1. The summed E-state index contributed by atoms with van der Waals surface area (Å²) in [5.41, 5.74) is 4.57. The Balaban J connectivity index is 1.79. The quantitative estimate of drug-likeness (QED) is 0.766. The highest BCUT2D eigenvalue weighted by molar-refractivity contribution is 9.10. The average molecular weight is 344 g/mol. The first-order valence-electron chi connectivity index (χ1n) is 7.06. The van der Waals surface area contributed by atoms with Crippen molar-refractivity contribution in [1.29, 1.82) is 0 Å². The van der Waals surface area contributed by atoms with E-state index in [1.165, 1.54) is 11.3 Å². The molecule has 0 fully saturated rings. The summed E-state index contributed by atoms with van der Waals surface area (Å²) in [5.74, 6) is 0. The zero-order chi connectivity index (χ0) is 14.8. The van der Waals surface area contributed by atoms with Crippen LogP contribution in [0.4, 0.5) is 0 Å². The second-order valence-electron chi connectivity index (χ2n) is 5.23. The Morgan fingerprint density at radius 2 is 2.10 bits per heavy atom. The van der Waals surface area contributed by atoms with Gasteiger partial charge in [-0.25, -0.2) is 4.98 Å². The van der Waals surface area contributed by atoms with Crippen molar-refractivity contribution in [1.82, 2.24) is 14.7 Å². The lowest BCUT2D eigenvalue weighted by Crippen LogP contribution is -2.19. The number of hydrogen-bond donors (Lipinski definition) is 1. The molecule has 108 valence electrons. The molecule has 2 aromatic heterocycles. The Labute approximate surface area is 133 Å². The molecule has 0 aliphatic carbocycles. The largest absolute Gasteiger partial charge is 0.305 e. The van der Waals surface area contributed by atoms with Gasteiger partial charge in [0.25, 0.3) is 0 Å². The maximum Gasteiger partial charge on any atom is 0.137 e. The van der Waals surface area contributed by atoms with E-state index in [0.29, 0.717) is 0 Å². The van der Waals surface area contributed by atoms with Crippen LogP contribution in [0.2, 0.25) is 0 Å². The average Bonchev–Trinajstić information content (AvgIpc) is 2.80. The van der Waals surface area contributed by atoms with Gasteiger partial charge in [-0.2, -0.15) is 0 Å². The molecule has 0 unspecified atom stereocenters. The molecule has 0 radical (unpaired) electrons. The number of fused-ring (bicyclic) bond motifs is 1. The third kappa shape index (κ3) is 3.01. The molecule has 2 heterocycles. The number of aromatic nitrogens is 2. The Kier molecular flexibility index (Phi) is 4.08. The Morgan fingerprint density at radius 1 is 1.24 bits per heavy atom. The standard InChI is InChI=1S/C17H18BrN3/c1-12(14-6-5-7-15(18)10-14)19-11-16-13(2)20-17-8-3-4-9-21(16)17/h3-10,12,19H,11H2,1-2H3/t12-/m0/s1. The summed E-state index contributed by atoms with van der Waals surface area (Å²) < 4.78 is 3.26. The lowest BCUT2D eigenvalue weighted by molar-refractivity contribution is 0.564. The monoisotopic (exact) mass is 343 g/mol. The molecular formula is C17H18BrN3. The molecule has 0 saturated carbocycles. The van der Waals surface area contributed by atoms with E-state index in [9.17, 15) is 0 Å². The van der Waals surface area contributed by atoms with Crippen molar-refractivity contribution in [2.24, 2.45) is 0 Å². The molecule has 1 N–H and O–H groups in total. The van der Waals surface area contributed by atoms with Gasteiger partial charge in [-0.1, -0.05) is 34.1 Å². The van der Waals surface area contributed by atoms with E-state index in [4.69, 9.17) is 0 Å². The van der Waals surface area contributed by atoms with Gasteiger partial charge in [0, 0.05) is 23.3 Å². The highest BCUT2D eigenvalue weighted by Crippen LogP contribution is 2.19. The van der Waals surface area contributed by atoms with E-state index in [0.717, 1.165) is 22.4 Å². The molecule has 21 heavy (non-hydrogen) atoms. The zero-order valence-electron chi connectivity index (χ0n) is 12.2. The fourth-order valence-corrected chi connectivity index (χ4v) is 2.94. The molecule has 0 bridgehead atoms. The van der Waals surface area contributed by atoms with Crippen molar-refractivity contribution in [3.8, 4) is 0 Å². The van der Waals surface area contributed by atoms with Crippen LogP contribution in [0.3, 0.4) is 0 Å². The summed E-state index contributed by atoms with van der Waals surface area (Å²) in [7, 11) is 0. The molecule has 0 aliphatic rings. The van der Waals surface area contributed by atoms with Crippen molar-refractivity contribution >= 4 is 21.6 Å². The first kappa shape index (κ1) is 14.3. The predicted molar refractivity (Wildman–Crippen MR) is 89.3 cm³/mol. The van der Waals surface area contributed by atoms with Gasteiger partial charge in [-0.15, -0.1) is 0 Å². The third-order valence-corrected chi connectivity index (χ3v) is 4.25. The number of aryl methyl sites for hydroxylation is 1. The smallest absolute Gasteiger partial charge is 0.137 e. The van der Waals surface area contributed by atoms with Crippen LogP contribution < -0.4 is 5.32 Å². The second-order valence-corrected chi connectivity index (χ2v) is 6.15. The highest BCUT2D eigenvalue weighted by Gasteiger charge is 2.10. The van der Waals surface area contributed by atoms with Crippen molar-refractivity contribution in [2.45, 2.75) is 26.4 Å². The molecule has 0 aliphatic heterocycles. The second kappa shape index (κ2) is 6.00. The van der Waals surface area contributed by atoms with Crippen molar-refractivity contribution in [3.63, 3.8) is 0 Å². The number of rotatable bonds is 4. The number of nitrogens with zero attached hydrogens (tertiary/aromatic N) is 2. The van der Waals surface area contributed by atoms with Gasteiger partial charge in [0.15, 0.2) is 0 Å². The molecule has 4 heteroatoms. The van der Waals surface area contributed by atoms with Crippen LogP contribution in [0, 0.1) is 6.92 Å². The summed E-state index contributed by atoms with van der Waals surface area (Å²) in [4.78, 5) is 4.59. The molecule has 0 saturated heterocycles. The first-order valence-corrected chi connectivity index (χ1v) is 7.86. The van der Waals surface area contributed by atoms with Crippen LogP contribution in [-0.2, 0) is 6.54 Å². The van der Waals surface area contributed by atoms with E-state index < -0.39 is 0 Å². The molecular weight excluding hydrogens is 326 g/mol. The predicted octanol–water partition coefficient (Wildman–Crippen LogP) is 4.26. The van der Waals surface area contributed by atoms with Gasteiger partial charge >= 0.3 is 0 Å². The maximum atomic E-state index is 4.59. The minimum atomic E-state index is 0.288. The van der Waals surface area contributed by atoms with Gasteiger partial charge in [0.2, 0.25) is 0 Å². The van der Waals surface area contributed by atoms with Crippen LogP contribution in [0.15, 0.2) is 53.1 Å². The number of benzene rings is 1. The van der Waals surface area contributed by atoms with Crippen molar-refractivity contribution < 1.29 is 0 Å². The molecule has 0 spiro atoms. The van der Waals surface area contributed by atoms with Gasteiger partial charge in [0.1, 0.15) is 5.65 Å². The number of imidazole rings is 1. The number of halogens is 1. The van der Waals surface area contributed by atoms with Gasteiger partial charge in [-0.3, -0.25) is 0 Å².